The molecule has 3 aromatic heterocycles. The van der Waals surface area contributed by atoms with Gasteiger partial charge in [0.2, 0.25) is 5.95 Å². The van der Waals surface area contributed by atoms with Crippen molar-refractivity contribution in [1.82, 2.24) is 15.0 Å². The Kier molecular flexibility index (Phi) is 6.66. The summed E-state index contributed by atoms with van der Waals surface area (Å²) >= 11 is 5.90. The first kappa shape index (κ1) is 20.6. The van der Waals surface area contributed by atoms with E-state index in [4.69, 9.17) is 11.6 Å². The molecule has 0 aromatic carbocycles. The van der Waals surface area contributed by atoms with Gasteiger partial charge in [0.15, 0.2) is 11.9 Å². The van der Waals surface area contributed by atoms with Crippen LogP contribution in [0.2, 0.25) is 5.02 Å². The molecular formula is C20H23ClN6O2. The Morgan fingerprint density at radius 2 is 1.97 bits per heavy atom. The smallest absolute Gasteiger partial charge is 0.255 e. The Balaban J connectivity index is 1.48. The maximum Gasteiger partial charge on any atom is 0.255 e. The first-order valence-electron chi connectivity index (χ1n) is 9.29. The molecule has 3 heterocycles. The lowest BCUT2D eigenvalue weighted by Gasteiger charge is -2.09. The minimum atomic E-state index is -0.223. The largest absolute Gasteiger partial charge is 0.619 e. The summed E-state index contributed by atoms with van der Waals surface area (Å²) in [6.45, 7) is 5.03. The van der Waals surface area contributed by atoms with Crippen LogP contribution in [-0.2, 0) is 6.42 Å². The van der Waals surface area contributed by atoms with Gasteiger partial charge in [0.1, 0.15) is 5.82 Å². The van der Waals surface area contributed by atoms with Crippen LogP contribution in [0.1, 0.15) is 28.8 Å². The first-order valence-corrected chi connectivity index (χ1v) is 9.67. The molecule has 0 unspecified atom stereocenters. The van der Waals surface area contributed by atoms with Gasteiger partial charge < -0.3 is 15.8 Å². The van der Waals surface area contributed by atoms with Crippen molar-refractivity contribution in [3.63, 3.8) is 0 Å². The van der Waals surface area contributed by atoms with Gasteiger partial charge in [-0.1, -0.05) is 11.6 Å². The van der Waals surface area contributed by atoms with Crippen LogP contribution in [0, 0.1) is 19.1 Å². The highest BCUT2D eigenvalue weighted by Gasteiger charge is 2.08. The Hall–Kier alpha value is -3.13. The molecule has 3 aromatic rings. The average Bonchev–Trinajstić information content (AvgIpc) is 2.68. The Bertz CT molecular complexity index is 1050. The van der Waals surface area contributed by atoms with Crippen LogP contribution in [0.15, 0.2) is 41.6 Å². The predicted octanol–water partition coefficient (Wildman–Crippen LogP) is 2.57. The molecule has 8 nitrogen and oxygen atoms in total. The second kappa shape index (κ2) is 9.38. The number of aryl methyl sites for hydroxylation is 2. The van der Waals surface area contributed by atoms with Gasteiger partial charge >= 0.3 is 0 Å². The van der Waals surface area contributed by atoms with Gasteiger partial charge in [0.05, 0.1) is 5.02 Å². The second-order valence-corrected chi connectivity index (χ2v) is 7.23. The van der Waals surface area contributed by atoms with E-state index in [0.29, 0.717) is 41.7 Å². The standard InChI is InChI=1S/C20H23ClN6O2/c1-13-8-17(21)11-24-18(13)22-6-3-7-23-20-25-10-16(19(28)26-20)9-15-5-4-14(2)27(29)12-15/h4-5,8,10-12H,3,6-7,9H2,1-2H3,(H,22,24)(H2,23,25,26,28). The summed E-state index contributed by atoms with van der Waals surface area (Å²) in [5, 5.41) is 18.6. The molecule has 152 valence electrons. The van der Waals surface area contributed by atoms with Crippen molar-refractivity contribution < 1.29 is 4.73 Å². The highest BCUT2D eigenvalue weighted by molar-refractivity contribution is 6.30. The lowest BCUT2D eigenvalue weighted by atomic mass is 10.1. The molecule has 0 aliphatic carbocycles. The van der Waals surface area contributed by atoms with Crippen molar-refractivity contribution in [2.45, 2.75) is 26.7 Å². The highest BCUT2D eigenvalue weighted by atomic mass is 35.5. The Morgan fingerprint density at radius 1 is 1.17 bits per heavy atom. The van der Waals surface area contributed by atoms with Gasteiger partial charge in [0, 0.05) is 56.0 Å². The van der Waals surface area contributed by atoms with Crippen LogP contribution in [-0.4, -0.2) is 28.0 Å². The van der Waals surface area contributed by atoms with E-state index in [1.807, 2.05) is 19.1 Å². The number of nitrogens with zero attached hydrogens (tertiary/aromatic N) is 3. The number of anilines is 2. The van der Waals surface area contributed by atoms with Crippen LogP contribution < -0.4 is 20.9 Å². The van der Waals surface area contributed by atoms with Crippen LogP contribution >= 0.6 is 11.6 Å². The van der Waals surface area contributed by atoms with E-state index < -0.39 is 0 Å². The normalized spacial score (nSPS) is 10.7. The summed E-state index contributed by atoms with van der Waals surface area (Å²) in [5.41, 5.74) is 2.64. The van der Waals surface area contributed by atoms with Crippen molar-refractivity contribution in [3.05, 3.63) is 79.8 Å². The molecule has 0 radical (unpaired) electrons. The summed E-state index contributed by atoms with van der Waals surface area (Å²) < 4.78 is 0.794. The van der Waals surface area contributed by atoms with E-state index in [2.05, 4.69) is 25.6 Å². The number of H-pyrrole nitrogens is 1. The molecule has 0 aliphatic heterocycles. The molecule has 3 N–H and O–H groups in total. The average molecular weight is 415 g/mol. The fourth-order valence-electron chi connectivity index (χ4n) is 2.79. The van der Waals surface area contributed by atoms with Gasteiger partial charge in [-0.2, -0.15) is 4.73 Å². The molecule has 29 heavy (non-hydrogen) atoms. The van der Waals surface area contributed by atoms with Gasteiger partial charge in [-0.25, -0.2) is 9.97 Å². The summed E-state index contributed by atoms with van der Waals surface area (Å²) in [4.78, 5) is 23.5. The maximum absolute atomic E-state index is 12.3. The number of hydrogen-bond acceptors (Lipinski definition) is 6. The van der Waals surface area contributed by atoms with Crippen LogP contribution in [0.5, 0.6) is 0 Å². The van der Waals surface area contributed by atoms with E-state index in [1.54, 1.807) is 19.2 Å². The fraction of sp³-hybridized carbons (Fsp3) is 0.300. The number of hydrogen-bond donors (Lipinski definition) is 3. The lowest BCUT2D eigenvalue weighted by molar-refractivity contribution is -0.612. The molecule has 0 spiro atoms. The van der Waals surface area contributed by atoms with E-state index in [1.165, 1.54) is 12.4 Å². The molecule has 0 fully saturated rings. The minimum Gasteiger partial charge on any atom is -0.619 e. The molecule has 0 saturated heterocycles. The number of aromatic nitrogens is 4. The first-order chi connectivity index (χ1) is 13.9. The number of halogens is 1. The van der Waals surface area contributed by atoms with Gasteiger partial charge in [-0.05, 0) is 31.0 Å². The monoisotopic (exact) mass is 414 g/mol. The number of aromatic amines is 1. The van der Waals surface area contributed by atoms with Gasteiger partial charge in [-0.15, -0.1) is 0 Å². The summed E-state index contributed by atoms with van der Waals surface area (Å²) in [7, 11) is 0. The SMILES string of the molecule is Cc1cc(Cl)cnc1NCCCNc1ncc(Cc2ccc(C)[n+]([O-])c2)c(=O)[nH]1. The molecule has 0 amide bonds. The maximum atomic E-state index is 12.3. The number of rotatable bonds is 8. The molecule has 0 aliphatic rings. The van der Waals surface area contributed by atoms with Crippen molar-refractivity contribution in [2.75, 3.05) is 23.7 Å². The predicted molar refractivity (Wildman–Crippen MR) is 113 cm³/mol. The summed E-state index contributed by atoms with van der Waals surface area (Å²) in [5.74, 6) is 1.23. The highest BCUT2D eigenvalue weighted by Crippen LogP contribution is 2.15. The zero-order valence-corrected chi connectivity index (χ0v) is 17.1. The van der Waals surface area contributed by atoms with E-state index in [0.717, 1.165) is 28.1 Å². The van der Waals surface area contributed by atoms with Crippen molar-refractivity contribution >= 4 is 23.4 Å². The number of nitrogens with one attached hydrogen (secondary N) is 3. The third kappa shape index (κ3) is 5.68. The van der Waals surface area contributed by atoms with Crippen molar-refractivity contribution in [2.24, 2.45) is 0 Å². The van der Waals surface area contributed by atoms with E-state index >= 15 is 0 Å². The minimum absolute atomic E-state index is 0.223. The topological polar surface area (TPSA) is 110 Å². The zero-order chi connectivity index (χ0) is 20.8. The van der Waals surface area contributed by atoms with Crippen molar-refractivity contribution in [3.8, 4) is 0 Å². The van der Waals surface area contributed by atoms with Crippen molar-refractivity contribution in [1.29, 1.82) is 0 Å². The molecule has 9 heteroatoms. The van der Waals surface area contributed by atoms with Crippen LogP contribution in [0.25, 0.3) is 0 Å². The molecule has 0 atom stereocenters. The summed E-state index contributed by atoms with van der Waals surface area (Å²) in [6.07, 6.45) is 5.78. The zero-order valence-electron chi connectivity index (χ0n) is 16.3. The van der Waals surface area contributed by atoms with E-state index in [9.17, 15) is 10.0 Å². The lowest BCUT2D eigenvalue weighted by Crippen LogP contribution is -2.30. The third-order valence-electron chi connectivity index (χ3n) is 4.42. The number of pyridine rings is 2. The third-order valence-corrected chi connectivity index (χ3v) is 4.63. The van der Waals surface area contributed by atoms with Crippen LogP contribution in [0.3, 0.4) is 0 Å². The fourth-order valence-corrected chi connectivity index (χ4v) is 3.00. The Labute approximate surface area is 173 Å². The summed E-state index contributed by atoms with van der Waals surface area (Å²) in [6, 6.07) is 5.42. The molecule has 3 rings (SSSR count). The molecule has 0 saturated carbocycles. The second-order valence-electron chi connectivity index (χ2n) is 6.79. The molecule has 0 bridgehead atoms. The van der Waals surface area contributed by atoms with Gasteiger partial charge in [0.25, 0.3) is 5.56 Å². The quantitative estimate of drug-likeness (QED) is 0.297. The van der Waals surface area contributed by atoms with E-state index in [-0.39, 0.29) is 5.56 Å². The van der Waals surface area contributed by atoms with Crippen LogP contribution in [0.4, 0.5) is 11.8 Å². The Morgan fingerprint density at radius 3 is 2.69 bits per heavy atom. The van der Waals surface area contributed by atoms with Gasteiger partial charge in [-0.3, -0.25) is 9.78 Å². The molecular weight excluding hydrogens is 392 g/mol.